The third kappa shape index (κ3) is 3.10. The number of hydrogen-bond acceptors (Lipinski definition) is 2. The fourth-order valence-corrected chi connectivity index (χ4v) is 2.38. The molecule has 0 saturated carbocycles. The van der Waals surface area contributed by atoms with E-state index in [1.807, 2.05) is 24.1 Å². The van der Waals surface area contributed by atoms with Crippen molar-refractivity contribution in [3.63, 3.8) is 0 Å². The van der Waals surface area contributed by atoms with Gasteiger partial charge in [0.2, 0.25) is 5.91 Å². The number of benzene rings is 1. The Kier molecular flexibility index (Phi) is 4.37. The number of rotatable bonds is 3. The molecule has 0 N–H and O–H groups in total. The topological polar surface area (TPSA) is 29.5 Å². The smallest absolute Gasteiger partial charge is 0.225 e. The molecule has 0 radical (unpaired) electrons. The van der Waals surface area contributed by atoms with Crippen molar-refractivity contribution in [2.75, 3.05) is 20.3 Å². The van der Waals surface area contributed by atoms with Crippen molar-refractivity contribution in [3.8, 4) is 0 Å². The van der Waals surface area contributed by atoms with E-state index in [4.69, 9.17) is 4.74 Å². The quantitative estimate of drug-likeness (QED) is 0.820. The van der Waals surface area contributed by atoms with E-state index in [0.717, 1.165) is 12.8 Å². The van der Waals surface area contributed by atoms with E-state index in [0.29, 0.717) is 19.8 Å². The van der Waals surface area contributed by atoms with Crippen LogP contribution in [0, 0.1) is 12.8 Å². The van der Waals surface area contributed by atoms with Crippen LogP contribution in [0.2, 0.25) is 0 Å². The van der Waals surface area contributed by atoms with Crippen LogP contribution < -0.4 is 0 Å². The van der Waals surface area contributed by atoms with Crippen molar-refractivity contribution in [2.24, 2.45) is 5.92 Å². The van der Waals surface area contributed by atoms with Gasteiger partial charge in [0.1, 0.15) is 0 Å². The molecule has 1 aliphatic rings. The van der Waals surface area contributed by atoms with Crippen LogP contribution in [0.5, 0.6) is 0 Å². The summed E-state index contributed by atoms with van der Waals surface area (Å²) in [6.07, 6.45) is 1.72. The molecule has 18 heavy (non-hydrogen) atoms. The maximum atomic E-state index is 12.3. The molecule has 0 unspecified atom stereocenters. The van der Waals surface area contributed by atoms with Gasteiger partial charge >= 0.3 is 0 Å². The molecule has 1 heterocycles. The Morgan fingerprint density at radius 3 is 2.67 bits per heavy atom. The molecular weight excluding hydrogens is 226 g/mol. The summed E-state index contributed by atoms with van der Waals surface area (Å²) in [5.41, 5.74) is 2.46. The van der Waals surface area contributed by atoms with Gasteiger partial charge in [-0.25, -0.2) is 0 Å². The second-order valence-corrected chi connectivity index (χ2v) is 5.01. The molecule has 1 aromatic carbocycles. The van der Waals surface area contributed by atoms with Crippen LogP contribution in [0.1, 0.15) is 24.0 Å². The maximum Gasteiger partial charge on any atom is 0.225 e. The fraction of sp³-hybridized carbons (Fsp3) is 0.533. The van der Waals surface area contributed by atoms with Gasteiger partial charge in [-0.05, 0) is 30.9 Å². The molecule has 0 atom stereocenters. The van der Waals surface area contributed by atoms with Crippen LogP contribution in [0.15, 0.2) is 24.3 Å². The Hall–Kier alpha value is -1.35. The van der Waals surface area contributed by atoms with Crippen molar-refractivity contribution in [1.29, 1.82) is 0 Å². The average Bonchev–Trinajstić information content (AvgIpc) is 2.41. The van der Waals surface area contributed by atoms with E-state index >= 15 is 0 Å². The molecule has 1 amide bonds. The van der Waals surface area contributed by atoms with Crippen LogP contribution in [-0.2, 0) is 16.1 Å². The number of carbonyl (C=O) groups is 1. The highest BCUT2D eigenvalue weighted by atomic mass is 16.5. The SMILES string of the molecule is Cc1ccccc1CN(C)C(=O)C1CCOCC1. The molecular formula is C15H21NO2. The van der Waals surface area contributed by atoms with Crippen molar-refractivity contribution >= 4 is 5.91 Å². The summed E-state index contributed by atoms with van der Waals surface area (Å²) in [6.45, 7) is 4.22. The average molecular weight is 247 g/mol. The third-order valence-electron chi connectivity index (χ3n) is 3.62. The van der Waals surface area contributed by atoms with E-state index in [9.17, 15) is 4.79 Å². The van der Waals surface area contributed by atoms with Gasteiger partial charge in [0.05, 0.1) is 0 Å². The van der Waals surface area contributed by atoms with Crippen molar-refractivity contribution < 1.29 is 9.53 Å². The van der Waals surface area contributed by atoms with Gasteiger partial charge in [0.25, 0.3) is 0 Å². The molecule has 2 rings (SSSR count). The summed E-state index contributed by atoms with van der Waals surface area (Å²) >= 11 is 0. The Bertz CT molecular complexity index is 411. The zero-order chi connectivity index (χ0) is 13.0. The molecule has 98 valence electrons. The molecule has 3 nitrogen and oxygen atoms in total. The summed E-state index contributed by atoms with van der Waals surface area (Å²) < 4.78 is 5.30. The van der Waals surface area contributed by atoms with Crippen LogP contribution in [0.3, 0.4) is 0 Å². The molecule has 1 fully saturated rings. The molecule has 0 bridgehead atoms. The first-order valence-corrected chi connectivity index (χ1v) is 6.55. The highest BCUT2D eigenvalue weighted by Crippen LogP contribution is 2.18. The lowest BCUT2D eigenvalue weighted by atomic mass is 9.98. The summed E-state index contributed by atoms with van der Waals surface area (Å²) in [6, 6.07) is 8.22. The second kappa shape index (κ2) is 6.01. The normalized spacial score (nSPS) is 16.6. The molecule has 0 spiro atoms. The zero-order valence-electron chi connectivity index (χ0n) is 11.2. The second-order valence-electron chi connectivity index (χ2n) is 5.01. The van der Waals surface area contributed by atoms with Gasteiger partial charge in [-0.3, -0.25) is 4.79 Å². The minimum atomic E-state index is 0.146. The van der Waals surface area contributed by atoms with Gasteiger partial charge in [0.15, 0.2) is 0 Å². The predicted molar refractivity (Wildman–Crippen MR) is 71.2 cm³/mol. The lowest BCUT2D eigenvalue weighted by molar-refractivity contribution is -0.137. The van der Waals surface area contributed by atoms with Crippen molar-refractivity contribution in [1.82, 2.24) is 4.90 Å². The fourth-order valence-electron chi connectivity index (χ4n) is 2.38. The first kappa shape index (κ1) is 13.1. The molecule has 3 heteroatoms. The largest absolute Gasteiger partial charge is 0.381 e. The first-order valence-electron chi connectivity index (χ1n) is 6.55. The molecule has 1 aromatic rings. The lowest BCUT2D eigenvalue weighted by Gasteiger charge is -2.27. The number of amides is 1. The molecule has 1 aliphatic heterocycles. The van der Waals surface area contributed by atoms with Crippen LogP contribution in [-0.4, -0.2) is 31.1 Å². The van der Waals surface area contributed by atoms with Gasteiger partial charge in [-0.2, -0.15) is 0 Å². The third-order valence-corrected chi connectivity index (χ3v) is 3.62. The molecule has 0 aliphatic carbocycles. The van der Waals surface area contributed by atoms with Crippen molar-refractivity contribution in [3.05, 3.63) is 35.4 Å². The molecule has 0 aromatic heterocycles. The monoisotopic (exact) mass is 247 g/mol. The number of ether oxygens (including phenoxy) is 1. The lowest BCUT2D eigenvalue weighted by Crippen LogP contribution is -2.35. The number of nitrogens with zero attached hydrogens (tertiary/aromatic N) is 1. The van der Waals surface area contributed by atoms with Crippen LogP contribution in [0.4, 0.5) is 0 Å². The minimum Gasteiger partial charge on any atom is -0.381 e. The van der Waals surface area contributed by atoms with E-state index in [2.05, 4.69) is 19.1 Å². The van der Waals surface area contributed by atoms with Gasteiger partial charge in [-0.1, -0.05) is 24.3 Å². The Labute approximate surface area is 109 Å². The Morgan fingerprint density at radius 1 is 1.33 bits per heavy atom. The highest BCUT2D eigenvalue weighted by molar-refractivity contribution is 5.78. The maximum absolute atomic E-state index is 12.3. The highest BCUT2D eigenvalue weighted by Gasteiger charge is 2.24. The van der Waals surface area contributed by atoms with Gasteiger partial charge in [-0.15, -0.1) is 0 Å². The summed E-state index contributed by atoms with van der Waals surface area (Å²) in [4.78, 5) is 14.1. The number of aryl methyl sites for hydroxylation is 1. The number of hydrogen-bond donors (Lipinski definition) is 0. The van der Waals surface area contributed by atoms with Gasteiger partial charge < -0.3 is 9.64 Å². The van der Waals surface area contributed by atoms with E-state index in [1.54, 1.807) is 0 Å². The summed E-state index contributed by atoms with van der Waals surface area (Å²) in [5, 5.41) is 0. The molecule has 1 saturated heterocycles. The van der Waals surface area contributed by atoms with Crippen molar-refractivity contribution in [2.45, 2.75) is 26.3 Å². The predicted octanol–water partition coefficient (Wildman–Crippen LogP) is 2.38. The Morgan fingerprint density at radius 2 is 2.00 bits per heavy atom. The van der Waals surface area contributed by atoms with Gasteiger partial charge in [0, 0.05) is 32.7 Å². The van der Waals surface area contributed by atoms with E-state index in [-0.39, 0.29) is 11.8 Å². The standard InChI is InChI=1S/C15H21NO2/c1-12-5-3-4-6-14(12)11-16(2)15(17)13-7-9-18-10-8-13/h3-6,13H,7-11H2,1-2H3. The number of carbonyl (C=O) groups excluding carboxylic acids is 1. The van der Waals surface area contributed by atoms with E-state index in [1.165, 1.54) is 11.1 Å². The van der Waals surface area contributed by atoms with E-state index < -0.39 is 0 Å². The summed E-state index contributed by atoms with van der Waals surface area (Å²) in [5.74, 6) is 0.398. The summed E-state index contributed by atoms with van der Waals surface area (Å²) in [7, 11) is 1.89. The van der Waals surface area contributed by atoms with Crippen LogP contribution in [0.25, 0.3) is 0 Å². The Balaban J connectivity index is 1.96. The zero-order valence-corrected chi connectivity index (χ0v) is 11.2. The minimum absolute atomic E-state index is 0.146. The first-order chi connectivity index (χ1) is 8.68. The van der Waals surface area contributed by atoms with Crippen LogP contribution >= 0.6 is 0 Å².